The van der Waals surface area contributed by atoms with Crippen LogP contribution in [0.15, 0.2) is 30.5 Å². The Labute approximate surface area is 119 Å². The smallest absolute Gasteiger partial charge is 0.222 e. The van der Waals surface area contributed by atoms with E-state index in [-0.39, 0.29) is 5.91 Å². The van der Waals surface area contributed by atoms with Gasteiger partial charge in [-0.1, -0.05) is 18.2 Å². The standard InChI is InChI=1S/C16H21N3O/c1-12-11-19(9-8-17-12)16(20)7-6-13-10-18-15-5-3-2-4-14(13)15/h2-5,10,12,17-18H,6-9,11H2,1H3/t12-/m1/s1. The molecule has 1 fully saturated rings. The molecular formula is C16H21N3O. The van der Waals surface area contributed by atoms with Crippen LogP contribution < -0.4 is 5.32 Å². The minimum atomic E-state index is 0.267. The van der Waals surface area contributed by atoms with E-state index in [1.807, 2.05) is 23.2 Å². The number of benzene rings is 1. The molecule has 1 amide bonds. The fourth-order valence-corrected chi connectivity index (χ4v) is 2.90. The summed E-state index contributed by atoms with van der Waals surface area (Å²) in [5.41, 5.74) is 2.38. The summed E-state index contributed by atoms with van der Waals surface area (Å²) in [5, 5.41) is 4.59. The van der Waals surface area contributed by atoms with E-state index >= 15 is 0 Å². The molecule has 4 nitrogen and oxygen atoms in total. The van der Waals surface area contributed by atoms with Crippen molar-refractivity contribution in [1.82, 2.24) is 15.2 Å². The van der Waals surface area contributed by atoms with E-state index in [1.54, 1.807) is 0 Å². The third-order valence-corrected chi connectivity index (χ3v) is 4.00. The van der Waals surface area contributed by atoms with E-state index in [1.165, 1.54) is 10.9 Å². The van der Waals surface area contributed by atoms with Crippen molar-refractivity contribution in [2.75, 3.05) is 19.6 Å². The number of H-pyrrole nitrogens is 1. The molecule has 20 heavy (non-hydrogen) atoms. The normalized spacial score (nSPS) is 19.4. The van der Waals surface area contributed by atoms with Gasteiger partial charge in [-0.25, -0.2) is 0 Å². The van der Waals surface area contributed by atoms with Crippen LogP contribution in [0.2, 0.25) is 0 Å². The summed E-state index contributed by atoms with van der Waals surface area (Å²) >= 11 is 0. The molecule has 0 unspecified atom stereocenters. The van der Waals surface area contributed by atoms with Crippen LogP contribution in [0.3, 0.4) is 0 Å². The summed E-state index contributed by atoms with van der Waals surface area (Å²) in [6.07, 6.45) is 3.42. The highest BCUT2D eigenvalue weighted by atomic mass is 16.2. The van der Waals surface area contributed by atoms with Crippen molar-refractivity contribution >= 4 is 16.8 Å². The van der Waals surface area contributed by atoms with E-state index in [9.17, 15) is 4.79 Å². The Hall–Kier alpha value is -1.81. The molecule has 4 heteroatoms. The number of para-hydroxylation sites is 1. The third-order valence-electron chi connectivity index (χ3n) is 4.00. The number of piperazine rings is 1. The van der Waals surface area contributed by atoms with Gasteiger partial charge in [-0.3, -0.25) is 4.79 Å². The Bertz CT molecular complexity index is 605. The summed E-state index contributed by atoms with van der Waals surface area (Å²) in [5.74, 6) is 0.267. The first-order chi connectivity index (χ1) is 9.74. The fourth-order valence-electron chi connectivity index (χ4n) is 2.90. The maximum Gasteiger partial charge on any atom is 0.222 e. The van der Waals surface area contributed by atoms with Crippen LogP contribution in [-0.2, 0) is 11.2 Å². The predicted octanol–water partition coefficient (Wildman–Crippen LogP) is 1.92. The molecule has 0 radical (unpaired) electrons. The SMILES string of the molecule is C[C@@H]1CN(C(=O)CCc2c[nH]c3ccccc23)CCN1. The molecular weight excluding hydrogens is 250 g/mol. The van der Waals surface area contributed by atoms with Gasteiger partial charge < -0.3 is 15.2 Å². The molecule has 0 spiro atoms. The maximum absolute atomic E-state index is 12.3. The predicted molar refractivity (Wildman–Crippen MR) is 80.7 cm³/mol. The average Bonchev–Trinajstić information content (AvgIpc) is 2.88. The Morgan fingerprint density at radius 1 is 1.40 bits per heavy atom. The van der Waals surface area contributed by atoms with Gasteiger partial charge in [0, 0.05) is 49.2 Å². The topological polar surface area (TPSA) is 48.1 Å². The summed E-state index contributed by atoms with van der Waals surface area (Å²) < 4.78 is 0. The maximum atomic E-state index is 12.3. The highest BCUT2D eigenvalue weighted by Crippen LogP contribution is 2.19. The fraction of sp³-hybridized carbons (Fsp3) is 0.438. The summed E-state index contributed by atoms with van der Waals surface area (Å²) in [4.78, 5) is 17.5. The van der Waals surface area contributed by atoms with Crippen LogP contribution in [0.4, 0.5) is 0 Å². The molecule has 1 aliphatic heterocycles. The number of fused-ring (bicyclic) bond motifs is 1. The molecule has 2 aromatic rings. The largest absolute Gasteiger partial charge is 0.361 e. The van der Waals surface area contributed by atoms with Crippen molar-refractivity contribution in [3.63, 3.8) is 0 Å². The first-order valence-corrected chi connectivity index (χ1v) is 7.30. The molecule has 2 N–H and O–H groups in total. The number of nitrogens with one attached hydrogen (secondary N) is 2. The first-order valence-electron chi connectivity index (χ1n) is 7.30. The van der Waals surface area contributed by atoms with Crippen LogP contribution in [0.5, 0.6) is 0 Å². The molecule has 1 aromatic heterocycles. The van der Waals surface area contributed by atoms with E-state index in [4.69, 9.17) is 0 Å². The van der Waals surface area contributed by atoms with Gasteiger partial charge in [0.15, 0.2) is 0 Å². The second-order valence-electron chi connectivity index (χ2n) is 5.55. The molecule has 3 rings (SSSR count). The van der Waals surface area contributed by atoms with E-state index in [0.717, 1.165) is 31.6 Å². The van der Waals surface area contributed by atoms with Gasteiger partial charge >= 0.3 is 0 Å². The van der Waals surface area contributed by atoms with Crippen molar-refractivity contribution in [3.05, 3.63) is 36.0 Å². The highest BCUT2D eigenvalue weighted by Gasteiger charge is 2.20. The number of carbonyl (C=O) groups excluding carboxylic acids is 1. The minimum Gasteiger partial charge on any atom is -0.361 e. The van der Waals surface area contributed by atoms with Crippen LogP contribution >= 0.6 is 0 Å². The van der Waals surface area contributed by atoms with Gasteiger partial charge in [0.25, 0.3) is 0 Å². The summed E-state index contributed by atoms with van der Waals surface area (Å²) in [7, 11) is 0. The quantitative estimate of drug-likeness (QED) is 0.896. The number of nitrogens with zero attached hydrogens (tertiary/aromatic N) is 1. The van der Waals surface area contributed by atoms with Crippen LogP contribution in [0.1, 0.15) is 18.9 Å². The molecule has 0 saturated carbocycles. The number of hydrogen-bond donors (Lipinski definition) is 2. The number of hydrogen-bond acceptors (Lipinski definition) is 2. The lowest BCUT2D eigenvalue weighted by Gasteiger charge is -2.32. The molecule has 106 valence electrons. The van der Waals surface area contributed by atoms with E-state index < -0.39 is 0 Å². The highest BCUT2D eigenvalue weighted by molar-refractivity contribution is 5.84. The number of aromatic amines is 1. The lowest BCUT2D eigenvalue weighted by molar-refractivity contribution is -0.132. The minimum absolute atomic E-state index is 0.267. The van der Waals surface area contributed by atoms with Gasteiger partial charge in [0.2, 0.25) is 5.91 Å². The van der Waals surface area contributed by atoms with Gasteiger partial charge in [-0.05, 0) is 25.0 Å². The number of aryl methyl sites for hydroxylation is 1. The van der Waals surface area contributed by atoms with Gasteiger partial charge in [0.1, 0.15) is 0 Å². The molecule has 1 saturated heterocycles. The average molecular weight is 271 g/mol. The monoisotopic (exact) mass is 271 g/mol. The zero-order valence-corrected chi connectivity index (χ0v) is 11.9. The Balaban J connectivity index is 1.63. The number of carbonyl (C=O) groups is 1. The molecule has 0 bridgehead atoms. The van der Waals surface area contributed by atoms with E-state index in [0.29, 0.717) is 12.5 Å². The number of rotatable bonds is 3. The molecule has 0 aliphatic carbocycles. The molecule has 1 aromatic carbocycles. The zero-order chi connectivity index (χ0) is 13.9. The molecule has 1 aliphatic rings. The lowest BCUT2D eigenvalue weighted by atomic mass is 10.1. The van der Waals surface area contributed by atoms with Crippen molar-refractivity contribution in [1.29, 1.82) is 0 Å². The van der Waals surface area contributed by atoms with Gasteiger partial charge in [-0.2, -0.15) is 0 Å². The third kappa shape index (κ3) is 2.70. The Kier molecular flexibility index (Phi) is 3.74. The van der Waals surface area contributed by atoms with Crippen LogP contribution in [0.25, 0.3) is 10.9 Å². The first kappa shape index (κ1) is 13.2. The molecule has 1 atom stereocenters. The summed E-state index contributed by atoms with van der Waals surface area (Å²) in [6, 6.07) is 8.65. The van der Waals surface area contributed by atoms with Crippen LogP contribution in [-0.4, -0.2) is 41.5 Å². The summed E-state index contributed by atoms with van der Waals surface area (Å²) in [6.45, 7) is 4.68. The van der Waals surface area contributed by atoms with E-state index in [2.05, 4.69) is 29.4 Å². The number of aromatic nitrogens is 1. The Morgan fingerprint density at radius 2 is 2.25 bits per heavy atom. The van der Waals surface area contributed by atoms with Gasteiger partial charge in [0.05, 0.1) is 0 Å². The second kappa shape index (κ2) is 5.67. The number of amides is 1. The van der Waals surface area contributed by atoms with Crippen molar-refractivity contribution in [2.45, 2.75) is 25.8 Å². The Morgan fingerprint density at radius 3 is 3.10 bits per heavy atom. The lowest BCUT2D eigenvalue weighted by Crippen LogP contribution is -2.51. The van der Waals surface area contributed by atoms with Crippen molar-refractivity contribution in [2.24, 2.45) is 0 Å². The molecule has 2 heterocycles. The van der Waals surface area contributed by atoms with Crippen LogP contribution in [0, 0.1) is 0 Å². The second-order valence-corrected chi connectivity index (χ2v) is 5.55. The van der Waals surface area contributed by atoms with Gasteiger partial charge in [-0.15, -0.1) is 0 Å². The van der Waals surface area contributed by atoms with Crippen molar-refractivity contribution in [3.8, 4) is 0 Å². The zero-order valence-electron chi connectivity index (χ0n) is 11.9. The van der Waals surface area contributed by atoms with Crippen molar-refractivity contribution < 1.29 is 4.79 Å².